The van der Waals surface area contributed by atoms with Gasteiger partial charge in [-0.25, -0.2) is 4.79 Å². The molecule has 0 aliphatic rings. The highest BCUT2D eigenvalue weighted by Crippen LogP contribution is 2.26. The summed E-state index contributed by atoms with van der Waals surface area (Å²) in [5.74, 6) is -0.0821. The predicted molar refractivity (Wildman–Crippen MR) is 97.1 cm³/mol. The van der Waals surface area contributed by atoms with Crippen LogP contribution in [0.3, 0.4) is 0 Å². The van der Waals surface area contributed by atoms with Gasteiger partial charge in [0.15, 0.2) is 6.54 Å². The molecule has 0 fully saturated rings. The summed E-state index contributed by atoms with van der Waals surface area (Å²) in [7, 11) is 1.98. The quantitative estimate of drug-likeness (QED) is 0.529. The fourth-order valence-corrected chi connectivity index (χ4v) is 3.07. The first-order valence-corrected chi connectivity index (χ1v) is 8.37. The number of likely N-dealkylation sites (N-methyl/N-ethyl adjacent to an activating group) is 1. The average Bonchev–Trinajstić information content (AvgIpc) is 2.87. The smallest absolute Gasteiger partial charge is 0.323 e. The fraction of sp³-hybridized carbons (Fsp3) is 0.176. The molecular formula is C17H18BrN4O2+. The molecule has 124 valence electrons. The SMILES string of the molecule is C[NH+](CC(=O)Nc1cc2[nH]c(=O)[nH]c2cc1Br)Cc1ccccc1. The van der Waals surface area contributed by atoms with Crippen LogP contribution in [0.15, 0.2) is 51.7 Å². The standard InChI is InChI=1S/C17H17BrN4O2/c1-22(9-11-5-3-2-4-6-11)10-16(23)19-13-8-15-14(7-12(13)18)20-17(24)21-15/h2-8H,9-10H2,1H3,(H,19,23)(H2,20,21,24)/p+1. The largest absolute Gasteiger partial charge is 0.326 e. The number of aromatic amines is 2. The number of H-pyrrole nitrogens is 2. The molecule has 3 aromatic rings. The number of carbonyl (C=O) groups excluding carboxylic acids is 1. The first-order valence-electron chi connectivity index (χ1n) is 7.58. The lowest BCUT2D eigenvalue weighted by molar-refractivity contribution is -0.885. The molecule has 2 aromatic carbocycles. The number of halogens is 1. The van der Waals surface area contributed by atoms with Crippen molar-refractivity contribution in [2.45, 2.75) is 6.54 Å². The molecule has 6 nitrogen and oxygen atoms in total. The van der Waals surface area contributed by atoms with Crippen LogP contribution in [0, 0.1) is 0 Å². The maximum absolute atomic E-state index is 12.3. The number of anilines is 1. The third-order valence-electron chi connectivity index (χ3n) is 3.69. The molecule has 0 radical (unpaired) electrons. The highest BCUT2D eigenvalue weighted by atomic mass is 79.9. The highest BCUT2D eigenvalue weighted by Gasteiger charge is 2.13. The summed E-state index contributed by atoms with van der Waals surface area (Å²) in [6.07, 6.45) is 0. The minimum absolute atomic E-state index is 0.0821. The first kappa shape index (κ1) is 16.5. The van der Waals surface area contributed by atoms with Crippen LogP contribution in [0.5, 0.6) is 0 Å². The van der Waals surface area contributed by atoms with Crippen molar-refractivity contribution in [2.75, 3.05) is 18.9 Å². The van der Waals surface area contributed by atoms with Crippen molar-refractivity contribution in [1.29, 1.82) is 0 Å². The number of imidazole rings is 1. The van der Waals surface area contributed by atoms with E-state index in [2.05, 4.69) is 31.2 Å². The number of fused-ring (bicyclic) bond motifs is 1. The van der Waals surface area contributed by atoms with Gasteiger partial charge in [-0.15, -0.1) is 0 Å². The molecule has 0 aliphatic carbocycles. The van der Waals surface area contributed by atoms with Crippen LogP contribution in [0.25, 0.3) is 11.0 Å². The van der Waals surface area contributed by atoms with Gasteiger partial charge in [0.25, 0.3) is 5.91 Å². The lowest BCUT2D eigenvalue weighted by Gasteiger charge is -2.14. The Labute approximate surface area is 147 Å². The molecule has 1 unspecified atom stereocenters. The lowest BCUT2D eigenvalue weighted by atomic mass is 10.2. The lowest BCUT2D eigenvalue weighted by Crippen LogP contribution is -3.08. The maximum atomic E-state index is 12.3. The van der Waals surface area contributed by atoms with E-state index in [-0.39, 0.29) is 11.6 Å². The molecule has 1 atom stereocenters. The fourth-order valence-electron chi connectivity index (χ4n) is 2.63. The van der Waals surface area contributed by atoms with Gasteiger partial charge >= 0.3 is 5.69 Å². The van der Waals surface area contributed by atoms with Crippen LogP contribution >= 0.6 is 15.9 Å². The number of amides is 1. The summed E-state index contributed by atoms with van der Waals surface area (Å²) in [6, 6.07) is 13.6. The molecule has 0 saturated heterocycles. The van der Waals surface area contributed by atoms with Crippen molar-refractivity contribution in [3.63, 3.8) is 0 Å². The summed E-state index contributed by atoms with van der Waals surface area (Å²) in [6.45, 7) is 1.13. The Kier molecular flexibility index (Phi) is 4.82. The Hall–Kier alpha value is -2.38. The number of hydrogen-bond donors (Lipinski definition) is 4. The van der Waals surface area contributed by atoms with Crippen molar-refractivity contribution in [1.82, 2.24) is 9.97 Å². The molecule has 0 saturated carbocycles. The van der Waals surface area contributed by atoms with Crippen molar-refractivity contribution in [3.05, 3.63) is 63.0 Å². The number of benzene rings is 2. The van der Waals surface area contributed by atoms with Crippen LogP contribution in [0.2, 0.25) is 0 Å². The van der Waals surface area contributed by atoms with E-state index in [9.17, 15) is 9.59 Å². The van der Waals surface area contributed by atoms with E-state index in [1.165, 1.54) is 5.56 Å². The molecule has 24 heavy (non-hydrogen) atoms. The second-order valence-electron chi connectivity index (χ2n) is 5.80. The average molecular weight is 390 g/mol. The van der Waals surface area contributed by atoms with E-state index in [0.717, 1.165) is 15.9 Å². The van der Waals surface area contributed by atoms with Gasteiger partial charge in [0, 0.05) is 10.0 Å². The summed E-state index contributed by atoms with van der Waals surface area (Å²) in [5.41, 5.74) is 2.90. The molecule has 1 amide bonds. The number of nitrogens with one attached hydrogen (secondary N) is 4. The second kappa shape index (κ2) is 7.02. The highest BCUT2D eigenvalue weighted by molar-refractivity contribution is 9.10. The van der Waals surface area contributed by atoms with E-state index in [1.54, 1.807) is 12.1 Å². The molecule has 1 aromatic heterocycles. The number of hydrogen-bond acceptors (Lipinski definition) is 2. The Balaban J connectivity index is 1.66. The molecule has 1 heterocycles. The van der Waals surface area contributed by atoms with Gasteiger partial charge in [-0.05, 0) is 28.1 Å². The van der Waals surface area contributed by atoms with E-state index in [1.807, 2.05) is 37.4 Å². The Morgan fingerprint density at radius 3 is 2.54 bits per heavy atom. The van der Waals surface area contributed by atoms with Gasteiger partial charge in [-0.1, -0.05) is 30.3 Å². The van der Waals surface area contributed by atoms with Crippen LogP contribution < -0.4 is 15.9 Å². The Morgan fingerprint density at radius 1 is 1.17 bits per heavy atom. The molecule has 0 aliphatic heterocycles. The van der Waals surface area contributed by atoms with Gasteiger partial charge in [0.05, 0.1) is 23.8 Å². The predicted octanol–water partition coefficient (Wildman–Crippen LogP) is 1.27. The third-order valence-corrected chi connectivity index (χ3v) is 4.34. The third kappa shape index (κ3) is 3.93. The van der Waals surface area contributed by atoms with Crippen molar-refractivity contribution in [2.24, 2.45) is 0 Å². The summed E-state index contributed by atoms with van der Waals surface area (Å²) in [5, 5.41) is 2.89. The summed E-state index contributed by atoms with van der Waals surface area (Å²) < 4.78 is 0.722. The van der Waals surface area contributed by atoms with Crippen molar-refractivity contribution in [3.8, 4) is 0 Å². The Bertz CT molecular complexity index is 917. The molecular weight excluding hydrogens is 372 g/mol. The van der Waals surface area contributed by atoms with Gasteiger partial charge in [-0.2, -0.15) is 0 Å². The zero-order valence-corrected chi connectivity index (χ0v) is 14.7. The zero-order chi connectivity index (χ0) is 17.1. The number of carbonyl (C=O) groups is 1. The zero-order valence-electron chi connectivity index (χ0n) is 13.2. The molecule has 4 N–H and O–H groups in total. The van der Waals surface area contributed by atoms with E-state index in [4.69, 9.17) is 0 Å². The van der Waals surface area contributed by atoms with Crippen LogP contribution in [-0.2, 0) is 11.3 Å². The van der Waals surface area contributed by atoms with Gasteiger partial charge in [-0.3, -0.25) is 4.79 Å². The molecule has 7 heteroatoms. The van der Waals surface area contributed by atoms with Crippen LogP contribution in [-0.4, -0.2) is 29.5 Å². The first-order chi connectivity index (χ1) is 11.5. The van der Waals surface area contributed by atoms with E-state index >= 15 is 0 Å². The van der Waals surface area contributed by atoms with Gasteiger partial charge < -0.3 is 20.2 Å². The van der Waals surface area contributed by atoms with Gasteiger partial charge in [0.1, 0.15) is 6.54 Å². The topological polar surface area (TPSA) is 82.2 Å². The van der Waals surface area contributed by atoms with Crippen molar-refractivity contribution < 1.29 is 9.69 Å². The summed E-state index contributed by atoms with van der Waals surface area (Å²) >= 11 is 3.42. The minimum atomic E-state index is -0.271. The molecule has 3 rings (SSSR count). The molecule has 0 bridgehead atoms. The van der Waals surface area contributed by atoms with E-state index < -0.39 is 0 Å². The van der Waals surface area contributed by atoms with Crippen molar-refractivity contribution >= 4 is 38.6 Å². The van der Waals surface area contributed by atoms with Gasteiger partial charge in [0.2, 0.25) is 0 Å². The minimum Gasteiger partial charge on any atom is -0.326 e. The molecule has 0 spiro atoms. The Morgan fingerprint density at radius 2 is 1.83 bits per heavy atom. The monoisotopic (exact) mass is 389 g/mol. The summed E-state index contributed by atoms with van der Waals surface area (Å²) in [4.78, 5) is 30.1. The van der Waals surface area contributed by atoms with E-state index in [0.29, 0.717) is 23.3 Å². The normalized spacial score (nSPS) is 12.2. The maximum Gasteiger partial charge on any atom is 0.323 e. The number of aromatic nitrogens is 2. The van der Waals surface area contributed by atoms with Crippen LogP contribution in [0.4, 0.5) is 5.69 Å². The number of rotatable bonds is 5. The number of quaternary nitrogens is 1. The second-order valence-corrected chi connectivity index (χ2v) is 6.66. The van der Waals surface area contributed by atoms with Crippen LogP contribution in [0.1, 0.15) is 5.56 Å².